The molecular weight excluding hydrogens is 268 g/mol. The summed E-state index contributed by atoms with van der Waals surface area (Å²) in [7, 11) is 1.75. The molecule has 0 aromatic heterocycles. The number of aliphatic hydroxyl groups is 1. The van der Waals surface area contributed by atoms with Gasteiger partial charge in [0.25, 0.3) is 0 Å². The maximum atomic E-state index is 12.0. The lowest BCUT2D eigenvalue weighted by Gasteiger charge is -2.18. The maximum Gasteiger partial charge on any atom is 0.321 e. The molecule has 5 heteroatoms. The highest BCUT2D eigenvalue weighted by atomic mass is 16.5. The van der Waals surface area contributed by atoms with Gasteiger partial charge in [-0.25, -0.2) is 4.79 Å². The van der Waals surface area contributed by atoms with Crippen molar-refractivity contribution in [1.82, 2.24) is 4.90 Å². The number of carbonyl (C=O) groups excluding carboxylic acids is 1. The molecule has 1 aliphatic carbocycles. The number of ether oxygens (including phenoxy) is 1. The van der Waals surface area contributed by atoms with Gasteiger partial charge in [0.2, 0.25) is 0 Å². The SMILES string of the molecule is CC(O)c1ccc(NC(=O)N(C)CCOCC2CC2)cc1. The van der Waals surface area contributed by atoms with Crippen LogP contribution in [0.2, 0.25) is 0 Å². The minimum Gasteiger partial charge on any atom is -0.389 e. The van der Waals surface area contributed by atoms with E-state index in [1.165, 1.54) is 12.8 Å². The van der Waals surface area contributed by atoms with Crippen LogP contribution in [0.25, 0.3) is 0 Å². The standard InChI is InChI=1S/C16H24N2O3/c1-12(19)14-5-7-15(8-6-14)17-16(20)18(2)9-10-21-11-13-3-4-13/h5-8,12-13,19H,3-4,9-11H2,1-2H3,(H,17,20). The van der Waals surface area contributed by atoms with E-state index in [0.29, 0.717) is 13.2 Å². The number of benzene rings is 1. The van der Waals surface area contributed by atoms with Crippen LogP contribution in [0.15, 0.2) is 24.3 Å². The number of hydrogen-bond donors (Lipinski definition) is 2. The summed E-state index contributed by atoms with van der Waals surface area (Å²) in [5, 5.41) is 12.3. The molecule has 2 rings (SSSR count). The van der Waals surface area contributed by atoms with Crippen LogP contribution in [0.4, 0.5) is 10.5 Å². The molecule has 0 heterocycles. The molecule has 1 aliphatic rings. The number of hydrogen-bond acceptors (Lipinski definition) is 3. The molecule has 1 atom stereocenters. The monoisotopic (exact) mass is 292 g/mol. The molecule has 1 fully saturated rings. The van der Waals surface area contributed by atoms with Crippen molar-refractivity contribution in [3.05, 3.63) is 29.8 Å². The predicted octanol–water partition coefficient (Wildman–Crippen LogP) is 2.63. The smallest absolute Gasteiger partial charge is 0.321 e. The van der Waals surface area contributed by atoms with Crippen molar-refractivity contribution in [2.24, 2.45) is 5.92 Å². The minimum atomic E-state index is -0.499. The molecule has 0 spiro atoms. The van der Waals surface area contributed by atoms with Crippen molar-refractivity contribution >= 4 is 11.7 Å². The summed E-state index contributed by atoms with van der Waals surface area (Å²) < 4.78 is 5.52. The maximum absolute atomic E-state index is 12.0. The fourth-order valence-electron chi connectivity index (χ4n) is 1.90. The molecule has 0 saturated heterocycles. The second kappa shape index (κ2) is 7.43. The molecule has 0 radical (unpaired) electrons. The molecule has 0 aliphatic heterocycles. The Kier molecular flexibility index (Phi) is 5.59. The van der Waals surface area contributed by atoms with Gasteiger partial charge in [-0.1, -0.05) is 12.1 Å². The summed E-state index contributed by atoms with van der Waals surface area (Å²) in [6.07, 6.45) is 2.05. The molecule has 1 aromatic rings. The van der Waals surface area contributed by atoms with Gasteiger partial charge in [-0.2, -0.15) is 0 Å². The van der Waals surface area contributed by atoms with E-state index in [-0.39, 0.29) is 6.03 Å². The Labute approximate surface area is 125 Å². The Balaban J connectivity index is 1.71. The van der Waals surface area contributed by atoms with E-state index in [9.17, 15) is 9.90 Å². The van der Waals surface area contributed by atoms with E-state index in [0.717, 1.165) is 23.8 Å². The van der Waals surface area contributed by atoms with E-state index in [2.05, 4.69) is 5.32 Å². The number of amides is 2. The van der Waals surface area contributed by atoms with Crippen molar-refractivity contribution in [1.29, 1.82) is 0 Å². The third kappa shape index (κ3) is 5.36. The van der Waals surface area contributed by atoms with Crippen molar-refractivity contribution in [3.8, 4) is 0 Å². The third-order valence-corrected chi connectivity index (χ3v) is 3.61. The number of likely N-dealkylation sites (N-methyl/N-ethyl adjacent to an activating group) is 1. The van der Waals surface area contributed by atoms with E-state index in [1.54, 1.807) is 43.1 Å². The average molecular weight is 292 g/mol. The van der Waals surface area contributed by atoms with Crippen LogP contribution in [0.5, 0.6) is 0 Å². The molecule has 5 nitrogen and oxygen atoms in total. The van der Waals surface area contributed by atoms with Crippen LogP contribution in [0, 0.1) is 5.92 Å². The second-order valence-electron chi connectivity index (χ2n) is 5.67. The van der Waals surface area contributed by atoms with Crippen LogP contribution < -0.4 is 5.32 Å². The molecule has 21 heavy (non-hydrogen) atoms. The zero-order valence-electron chi connectivity index (χ0n) is 12.7. The van der Waals surface area contributed by atoms with Crippen LogP contribution >= 0.6 is 0 Å². The molecule has 116 valence electrons. The van der Waals surface area contributed by atoms with E-state index in [4.69, 9.17) is 4.74 Å². The molecule has 0 bridgehead atoms. The first-order valence-electron chi connectivity index (χ1n) is 7.44. The molecular formula is C16H24N2O3. The highest BCUT2D eigenvalue weighted by molar-refractivity contribution is 5.89. The summed E-state index contributed by atoms with van der Waals surface area (Å²) in [5.41, 5.74) is 1.55. The van der Waals surface area contributed by atoms with Crippen molar-refractivity contribution in [3.63, 3.8) is 0 Å². The van der Waals surface area contributed by atoms with Gasteiger partial charge in [0, 0.05) is 25.9 Å². The summed E-state index contributed by atoms with van der Waals surface area (Å²) in [5.74, 6) is 0.747. The van der Waals surface area contributed by atoms with Gasteiger partial charge in [-0.05, 0) is 43.4 Å². The van der Waals surface area contributed by atoms with Gasteiger partial charge in [-0.15, -0.1) is 0 Å². The number of nitrogens with one attached hydrogen (secondary N) is 1. The van der Waals surface area contributed by atoms with Crippen LogP contribution in [0.1, 0.15) is 31.4 Å². The summed E-state index contributed by atoms with van der Waals surface area (Å²) >= 11 is 0. The summed E-state index contributed by atoms with van der Waals surface area (Å²) in [6.45, 7) is 3.67. The largest absolute Gasteiger partial charge is 0.389 e. The summed E-state index contributed by atoms with van der Waals surface area (Å²) in [4.78, 5) is 13.6. The Morgan fingerprint density at radius 3 is 2.67 bits per heavy atom. The van der Waals surface area contributed by atoms with E-state index in [1.807, 2.05) is 0 Å². The lowest BCUT2D eigenvalue weighted by atomic mass is 10.1. The fourth-order valence-corrected chi connectivity index (χ4v) is 1.90. The van der Waals surface area contributed by atoms with Crippen molar-refractivity contribution in [2.45, 2.75) is 25.9 Å². The molecule has 1 saturated carbocycles. The number of urea groups is 1. The first-order chi connectivity index (χ1) is 10.1. The van der Waals surface area contributed by atoms with Crippen molar-refractivity contribution in [2.75, 3.05) is 32.1 Å². The Hall–Kier alpha value is -1.59. The van der Waals surface area contributed by atoms with Gasteiger partial charge in [0.1, 0.15) is 0 Å². The van der Waals surface area contributed by atoms with Gasteiger partial charge in [0.05, 0.1) is 12.7 Å². The highest BCUT2D eigenvalue weighted by Gasteiger charge is 2.21. The minimum absolute atomic E-state index is 0.158. The Morgan fingerprint density at radius 2 is 2.10 bits per heavy atom. The lowest BCUT2D eigenvalue weighted by molar-refractivity contribution is 0.109. The van der Waals surface area contributed by atoms with E-state index >= 15 is 0 Å². The highest BCUT2D eigenvalue weighted by Crippen LogP contribution is 2.28. The number of nitrogens with zero attached hydrogens (tertiary/aromatic N) is 1. The topological polar surface area (TPSA) is 61.8 Å². The Bertz CT molecular complexity index is 455. The normalized spacial score (nSPS) is 15.6. The number of rotatable bonds is 7. The molecule has 2 amide bonds. The van der Waals surface area contributed by atoms with Gasteiger partial charge in [0.15, 0.2) is 0 Å². The fraction of sp³-hybridized carbons (Fsp3) is 0.562. The predicted molar refractivity (Wildman–Crippen MR) is 82.3 cm³/mol. The zero-order chi connectivity index (χ0) is 15.2. The number of carbonyl (C=O) groups is 1. The summed E-state index contributed by atoms with van der Waals surface area (Å²) in [6, 6.07) is 7.03. The number of aliphatic hydroxyl groups excluding tert-OH is 1. The number of anilines is 1. The van der Waals surface area contributed by atoms with Crippen molar-refractivity contribution < 1.29 is 14.6 Å². The van der Waals surface area contributed by atoms with Gasteiger partial charge >= 0.3 is 6.03 Å². The third-order valence-electron chi connectivity index (χ3n) is 3.61. The van der Waals surface area contributed by atoms with E-state index < -0.39 is 6.10 Å². The van der Waals surface area contributed by atoms with Gasteiger partial charge in [-0.3, -0.25) is 0 Å². The quantitative estimate of drug-likeness (QED) is 0.759. The average Bonchev–Trinajstić information content (AvgIpc) is 3.28. The molecule has 2 N–H and O–H groups in total. The second-order valence-corrected chi connectivity index (χ2v) is 5.67. The van der Waals surface area contributed by atoms with Gasteiger partial charge < -0.3 is 20.1 Å². The Morgan fingerprint density at radius 1 is 1.43 bits per heavy atom. The lowest BCUT2D eigenvalue weighted by Crippen LogP contribution is -2.34. The molecule has 1 unspecified atom stereocenters. The molecule has 1 aromatic carbocycles. The zero-order valence-corrected chi connectivity index (χ0v) is 12.7. The van der Waals surface area contributed by atoms with Crippen LogP contribution in [-0.4, -0.2) is 42.8 Å². The first-order valence-corrected chi connectivity index (χ1v) is 7.44. The van der Waals surface area contributed by atoms with Crippen LogP contribution in [0.3, 0.4) is 0 Å². The van der Waals surface area contributed by atoms with Crippen LogP contribution in [-0.2, 0) is 4.74 Å². The first kappa shape index (κ1) is 15.8.